The van der Waals surface area contributed by atoms with Crippen LogP contribution in [0.4, 0.5) is 0 Å². The topological polar surface area (TPSA) is 79.0 Å². The minimum atomic E-state index is -1.10. The fourth-order valence-corrected chi connectivity index (χ4v) is 4.22. The predicted molar refractivity (Wildman–Crippen MR) is 113 cm³/mol. The van der Waals surface area contributed by atoms with Crippen molar-refractivity contribution in [2.45, 2.75) is 58.3 Å². The molecule has 148 valence electrons. The van der Waals surface area contributed by atoms with Gasteiger partial charge < -0.3 is 24.9 Å². The Morgan fingerprint density at radius 1 is 1.42 bits per heavy atom. The molecular formula is C19H32IN3O3. The molecule has 7 heteroatoms. The normalized spacial score (nSPS) is 29.6. The predicted octanol–water partition coefficient (Wildman–Crippen LogP) is 2.78. The number of hydrogen-bond acceptors (Lipinski definition) is 4. The van der Waals surface area contributed by atoms with Crippen molar-refractivity contribution in [2.75, 3.05) is 20.2 Å². The van der Waals surface area contributed by atoms with E-state index in [-0.39, 0.29) is 29.4 Å². The number of guanidine groups is 1. The number of aliphatic imine (C=N–C) groups is 1. The first-order valence-electron chi connectivity index (χ1n) is 9.14. The van der Waals surface area contributed by atoms with E-state index in [9.17, 15) is 5.11 Å². The molecule has 1 aliphatic carbocycles. The number of ether oxygens (including phenoxy) is 1. The van der Waals surface area contributed by atoms with E-state index in [0.29, 0.717) is 36.3 Å². The van der Waals surface area contributed by atoms with Crippen LogP contribution >= 0.6 is 24.0 Å². The van der Waals surface area contributed by atoms with Crippen molar-refractivity contribution < 1.29 is 14.3 Å². The number of halogens is 1. The molecule has 1 aromatic heterocycles. The van der Waals surface area contributed by atoms with Crippen LogP contribution in [0.3, 0.4) is 0 Å². The molecule has 1 aliphatic heterocycles. The molecule has 6 nitrogen and oxygen atoms in total. The molecule has 0 radical (unpaired) electrons. The van der Waals surface area contributed by atoms with Gasteiger partial charge in [0.15, 0.2) is 5.96 Å². The highest BCUT2D eigenvalue weighted by molar-refractivity contribution is 14.0. The molecule has 3 rings (SSSR count). The van der Waals surface area contributed by atoms with E-state index < -0.39 is 5.60 Å². The number of aryl methyl sites for hydroxylation is 1. The minimum Gasteiger partial charge on any atom is -0.463 e. The number of nitrogens with zero attached hydrogens (tertiary/aromatic N) is 1. The zero-order valence-corrected chi connectivity index (χ0v) is 18.7. The summed E-state index contributed by atoms with van der Waals surface area (Å²) in [5, 5.41) is 17.5. The molecule has 1 aromatic rings. The van der Waals surface area contributed by atoms with Crippen molar-refractivity contribution >= 4 is 29.9 Å². The number of aliphatic hydroxyl groups is 1. The Morgan fingerprint density at radius 3 is 2.77 bits per heavy atom. The van der Waals surface area contributed by atoms with E-state index in [1.807, 2.05) is 19.1 Å². The van der Waals surface area contributed by atoms with Crippen LogP contribution in [0.2, 0.25) is 0 Å². The van der Waals surface area contributed by atoms with Crippen LogP contribution in [0.1, 0.15) is 45.1 Å². The van der Waals surface area contributed by atoms with E-state index in [1.165, 1.54) is 6.42 Å². The summed E-state index contributed by atoms with van der Waals surface area (Å²) >= 11 is 0. The second-order valence-electron chi connectivity index (χ2n) is 8.15. The van der Waals surface area contributed by atoms with Gasteiger partial charge in [-0.1, -0.05) is 13.8 Å². The molecule has 2 heterocycles. The van der Waals surface area contributed by atoms with E-state index in [1.54, 1.807) is 14.0 Å². The van der Waals surface area contributed by atoms with Gasteiger partial charge in [0.2, 0.25) is 0 Å². The largest absolute Gasteiger partial charge is 0.463 e. The van der Waals surface area contributed by atoms with Crippen molar-refractivity contribution in [2.24, 2.45) is 16.3 Å². The Morgan fingerprint density at radius 2 is 2.15 bits per heavy atom. The second kappa shape index (κ2) is 8.06. The summed E-state index contributed by atoms with van der Waals surface area (Å²) in [4.78, 5) is 4.33. The van der Waals surface area contributed by atoms with Gasteiger partial charge in [0.05, 0.1) is 12.6 Å². The van der Waals surface area contributed by atoms with Gasteiger partial charge in [-0.15, -0.1) is 24.0 Å². The first-order valence-corrected chi connectivity index (χ1v) is 9.14. The first kappa shape index (κ1) is 21.5. The molecule has 4 unspecified atom stereocenters. The van der Waals surface area contributed by atoms with Crippen molar-refractivity contribution in [1.29, 1.82) is 0 Å². The van der Waals surface area contributed by atoms with Gasteiger partial charge >= 0.3 is 0 Å². The molecule has 3 N–H and O–H groups in total. The van der Waals surface area contributed by atoms with Crippen molar-refractivity contribution in [1.82, 2.24) is 10.6 Å². The summed E-state index contributed by atoms with van der Waals surface area (Å²) in [5.74, 6) is 2.57. The lowest BCUT2D eigenvalue weighted by Gasteiger charge is -2.60. The lowest BCUT2D eigenvalue weighted by atomic mass is 9.55. The van der Waals surface area contributed by atoms with Crippen LogP contribution < -0.4 is 10.6 Å². The summed E-state index contributed by atoms with van der Waals surface area (Å²) in [6.45, 7) is 9.28. The highest BCUT2D eigenvalue weighted by atomic mass is 127. The molecule has 0 amide bonds. The maximum Gasteiger partial charge on any atom is 0.191 e. The summed E-state index contributed by atoms with van der Waals surface area (Å²) in [6.07, 6.45) is 2.63. The quantitative estimate of drug-likeness (QED) is 0.353. The van der Waals surface area contributed by atoms with Gasteiger partial charge in [0.1, 0.15) is 17.1 Å². The molecule has 4 atom stereocenters. The van der Waals surface area contributed by atoms with Crippen molar-refractivity contribution in [3.8, 4) is 0 Å². The highest BCUT2D eigenvalue weighted by Gasteiger charge is 2.58. The van der Waals surface area contributed by atoms with E-state index in [4.69, 9.17) is 9.15 Å². The zero-order chi connectivity index (χ0) is 18.2. The van der Waals surface area contributed by atoms with Gasteiger partial charge in [-0.2, -0.15) is 0 Å². The van der Waals surface area contributed by atoms with Crippen LogP contribution in [0.25, 0.3) is 0 Å². The Labute approximate surface area is 173 Å². The van der Waals surface area contributed by atoms with Crippen LogP contribution in [-0.2, 0) is 10.3 Å². The molecule has 2 fully saturated rings. The highest BCUT2D eigenvalue weighted by Crippen LogP contribution is 2.51. The molecule has 0 aromatic carbocycles. The molecule has 26 heavy (non-hydrogen) atoms. The van der Waals surface area contributed by atoms with E-state index >= 15 is 0 Å². The second-order valence-corrected chi connectivity index (χ2v) is 8.15. The summed E-state index contributed by atoms with van der Waals surface area (Å²) < 4.78 is 11.5. The van der Waals surface area contributed by atoms with Gasteiger partial charge in [-0.25, -0.2) is 0 Å². The molecule has 1 saturated heterocycles. The summed E-state index contributed by atoms with van der Waals surface area (Å²) in [6, 6.07) is 3.99. The lowest BCUT2D eigenvalue weighted by Crippen LogP contribution is -2.71. The summed E-state index contributed by atoms with van der Waals surface area (Å²) in [5.41, 5.74) is -1.03. The van der Waals surface area contributed by atoms with E-state index in [2.05, 4.69) is 29.5 Å². The SMILES string of the molecule is CN=C(NCC(C)(O)c1ccc(C)o1)NC1C2CCCOC2C1(C)C.I. The minimum absolute atomic E-state index is 0. The van der Waals surface area contributed by atoms with Crippen LogP contribution in [-0.4, -0.2) is 43.4 Å². The van der Waals surface area contributed by atoms with Crippen LogP contribution in [0, 0.1) is 18.3 Å². The van der Waals surface area contributed by atoms with Gasteiger partial charge in [0.25, 0.3) is 0 Å². The number of rotatable bonds is 4. The average molecular weight is 477 g/mol. The third-order valence-electron chi connectivity index (χ3n) is 5.72. The van der Waals surface area contributed by atoms with Gasteiger partial charge in [-0.3, -0.25) is 4.99 Å². The van der Waals surface area contributed by atoms with Gasteiger partial charge in [0, 0.05) is 31.0 Å². The molecule has 0 spiro atoms. The monoisotopic (exact) mass is 477 g/mol. The lowest BCUT2D eigenvalue weighted by molar-refractivity contribution is -0.188. The fourth-order valence-electron chi connectivity index (χ4n) is 4.22. The number of nitrogens with one attached hydrogen (secondary N) is 2. The molecule has 1 saturated carbocycles. The number of furan rings is 1. The Bertz CT molecular complexity index is 642. The Hall–Kier alpha value is -0.800. The summed E-state index contributed by atoms with van der Waals surface area (Å²) in [7, 11) is 1.75. The first-order chi connectivity index (χ1) is 11.8. The maximum absolute atomic E-state index is 10.7. The Kier molecular flexibility index (Phi) is 6.66. The van der Waals surface area contributed by atoms with Crippen LogP contribution in [0.15, 0.2) is 21.5 Å². The molecule has 2 aliphatic rings. The smallest absolute Gasteiger partial charge is 0.191 e. The standard InChI is InChI=1S/C19H31N3O3.HI/c1-12-8-9-14(25-12)19(4,23)11-21-17(20-5)22-15-13-7-6-10-24-16(13)18(15,2)3;/h8-9,13,15-16,23H,6-7,10-11H2,1-5H3,(H2,20,21,22);1H. The number of hydrogen-bond donors (Lipinski definition) is 3. The zero-order valence-electron chi connectivity index (χ0n) is 16.3. The van der Waals surface area contributed by atoms with Crippen LogP contribution in [0.5, 0.6) is 0 Å². The maximum atomic E-state index is 10.7. The van der Waals surface area contributed by atoms with Gasteiger partial charge in [-0.05, 0) is 38.8 Å². The third-order valence-corrected chi connectivity index (χ3v) is 5.72. The third kappa shape index (κ3) is 4.04. The molecular weight excluding hydrogens is 445 g/mol. The van der Waals surface area contributed by atoms with Crippen molar-refractivity contribution in [3.63, 3.8) is 0 Å². The Balaban J connectivity index is 0.00000243. The number of fused-ring (bicyclic) bond motifs is 1. The average Bonchev–Trinajstić information content (AvgIpc) is 3.02. The van der Waals surface area contributed by atoms with E-state index in [0.717, 1.165) is 18.8 Å². The fraction of sp³-hybridized carbons (Fsp3) is 0.737. The molecule has 0 bridgehead atoms. The van der Waals surface area contributed by atoms with Crippen molar-refractivity contribution in [3.05, 3.63) is 23.7 Å².